The molecule has 3 rings (SSSR count). The van der Waals surface area contributed by atoms with Crippen LogP contribution in [0.25, 0.3) is 0 Å². The molecular weight excluding hydrogens is 378 g/mol. The van der Waals surface area contributed by atoms with Crippen molar-refractivity contribution < 1.29 is 19.1 Å². The first kappa shape index (κ1) is 21.0. The minimum atomic E-state index is -1.08. The van der Waals surface area contributed by atoms with Crippen LogP contribution in [0.3, 0.4) is 0 Å². The Bertz CT molecular complexity index is 1070. The Balaban J connectivity index is 1.91. The van der Waals surface area contributed by atoms with E-state index in [1.54, 1.807) is 42.5 Å². The van der Waals surface area contributed by atoms with Crippen LogP contribution >= 0.6 is 0 Å². The molecule has 1 amide bonds. The summed E-state index contributed by atoms with van der Waals surface area (Å²) in [6.07, 6.45) is -1.08. The fourth-order valence-electron chi connectivity index (χ4n) is 2.99. The Morgan fingerprint density at radius 1 is 0.800 bits per heavy atom. The van der Waals surface area contributed by atoms with Crippen LogP contribution in [0.1, 0.15) is 50.4 Å². The van der Waals surface area contributed by atoms with Crippen molar-refractivity contribution in [3.63, 3.8) is 0 Å². The van der Waals surface area contributed by atoms with Gasteiger partial charge in [-0.3, -0.25) is 9.59 Å². The number of ketones is 1. The number of nitrogens with one attached hydrogen (secondary N) is 1. The zero-order chi connectivity index (χ0) is 21.7. The van der Waals surface area contributed by atoms with Gasteiger partial charge < -0.3 is 10.1 Å². The van der Waals surface area contributed by atoms with E-state index in [-0.39, 0.29) is 17.3 Å². The number of aryl methyl sites for hydroxylation is 2. The number of esters is 1. The second kappa shape index (κ2) is 9.18. The maximum absolute atomic E-state index is 13.2. The predicted octanol–water partition coefficient (Wildman–Crippen LogP) is 5.04. The molecule has 152 valence electrons. The van der Waals surface area contributed by atoms with Gasteiger partial charge in [-0.2, -0.15) is 0 Å². The lowest BCUT2D eigenvalue weighted by molar-refractivity contribution is -0.114. The highest BCUT2D eigenvalue weighted by Crippen LogP contribution is 2.25. The Morgan fingerprint density at radius 3 is 2.00 bits per heavy atom. The van der Waals surface area contributed by atoms with Gasteiger partial charge >= 0.3 is 5.97 Å². The summed E-state index contributed by atoms with van der Waals surface area (Å²) in [5.41, 5.74) is 3.85. The van der Waals surface area contributed by atoms with Crippen LogP contribution in [0.15, 0.2) is 72.8 Å². The number of hydrogen-bond acceptors (Lipinski definition) is 4. The van der Waals surface area contributed by atoms with Crippen LogP contribution in [0.5, 0.6) is 0 Å². The van der Waals surface area contributed by atoms with E-state index in [9.17, 15) is 14.4 Å². The van der Waals surface area contributed by atoms with Crippen molar-refractivity contribution in [2.24, 2.45) is 0 Å². The van der Waals surface area contributed by atoms with Crippen molar-refractivity contribution in [1.82, 2.24) is 0 Å². The van der Waals surface area contributed by atoms with Crippen LogP contribution < -0.4 is 5.32 Å². The van der Waals surface area contributed by atoms with E-state index in [0.29, 0.717) is 16.8 Å². The summed E-state index contributed by atoms with van der Waals surface area (Å²) < 4.78 is 5.67. The monoisotopic (exact) mass is 401 g/mol. The van der Waals surface area contributed by atoms with Gasteiger partial charge in [-0.15, -0.1) is 0 Å². The molecule has 0 bridgehead atoms. The van der Waals surface area contributed by atoms with Crippen LogP contribution in [-0.2, 0) is 9.53 Å². The fraction of sp³-hybridized carbons (Fsp3) is 0.160. The van der Waals surface area contributed by atoms with Gasteiger partial charge in [0.25, 0.3) is 0 Å². The highest BCUT2D eigenvalue weighted by atomic mass is 16.5. The van der Waals surface area contributed by atoms with Crippen LogP contribution in [0.4, 0.5) is 5.69 Å². The number of ether oxygens (including phenoxy) is 1. The molecule has 0 aliphatic heterocycles. The molecule has 0 radical (unpaired) electrons. The zero-order valence-corrected chi connectivity index (χ0v) is 17.1. The van der Waals surface area contributed by atoms with Crippen molar-refractivity contribution in [1.29, 1.82) is 0 Å². The lowest BCUT2D eigenvalue weighted by Crippen LogP contribution is -2.20. The largest absolute Gasteiger partial charge is 0.445 e. The molecule has 0 saturated carbocycles. The Labute approximate surface area is 175 Å². The average molecular weight is 401 g/mol. The molecule has 0 saturated heterocycles. The maximum atomic E-state index is 13.2. The van der Waals surface area contributed by atoms with Gasteiger partial charge in [0.15, 0.2) is 6.10 Å². The van der Waals surface area contributed by atoms with E-state index in [0.717, 1.165) is 11.1 Å². The van der Waals surface area contributed by atoms with E-state index in [1.807, 2.05) is 38.1 Å². The first-order valence-corrected chi connectivity index (χ1v) is 9.59. The third-order valence-electron chi connectivity index (χ3n) is 4.60. The number of rotatable bonds is 6. The second-order valence-electron chi connectivity index (χ2n) is 7.19. The molecule has 0 heterocycles. The number of carbonyl (C=O) groups excluding carboxylic acids is 3. The molecule has 0 spiro atoms. The van der Waals surface area contributed by atoms with E-state index in [4.69, 9.17) is 4.74 Å². The molecule has 30 heavy (non-hydrogen) atoms. The number of benzene rings is 3. The number of hydrogen-bond donors (Lipinski definition) is 1. The zero-order valence-electron chi connectivity index (χ0n) is 17.1. The van der Waals surface area contributed by atoms with Crippen LogP contribution in [0.2, 0.25) is 0 Å². The Kier molecular flexibility index (Phi) is 6.42. The van der Waals surface area contributed by atoms with Crippen molar-refractivity contribution in [2.45, 2.75) is 26.9 Å². The smallest absolute Gasteiger partial charge is 0.339 e. The van der Waals surface area contributed by atoms with E-state index < -0.39 is 12.1 Å². The van der Waals surface area contributed by atoms with Gasteiger partial charge in [0.2, 0.25) is 11.7 Å². The Morgan fingerprint density at radius 2 is 1.40 bits per heavy atom. The van der Waals surface area contributed by atoms with Crippen molar-refractivity contribution in [3.05, 3.63) is 101 Å². The first-order chi connectivity index (χ1) is 14.3. The molecule has 0 aliphatic rings. The standard InChI is InChI=1S/C25H23NO4/c1-16-7-11-19(12-8-16)23(28)24(20-13-9-17(2)10-14-20)30-25(29)21-5-4-6-22(15-21)26-18(3)27/h4-15,24H,1-3H3,(H,26,27)/t24-/m1/s1. The van der Waals surface area contributed by atoms with Gasteiger partial charge in [-0.1, -0.05) is 65.7 Å². The van der Waals surface area contributed by atoms with Gasteiger partial charge in [0, 0.05) is 23.7 Å². The molecule has 5 nitrogen and oxygen atoms in total. The number of Topliss-reactive ketones (excluding diaryl/α,β-unsaturated/α-hetero) is 1. The minimum absolute atomic E-state index is 0.243. The summed E-state index contributed by atoms with van der Waals surface area (Å²) in [4.78, 5) is 37.3. The second-order valence-corrected chi connectivity index (χ2v) is 7.19. The summed E-state index contributed by atoms with van der Waals surface area (Å²) in [6, 6.07) is 20.9. The fourth-order valence-corrected chi connectivity index (χ4v) is 2.99. The molecule has 3 aromatic carbocycles. The summed E-state index contributed by atoms with van der Waals surface area (Å²) in [5.74, 6) is -1.19. The van der Waals surface area contributed by atoms with Gasteiger partial charge in [-0.25, -0.2) is 4.79 Å². The molecule has 1 atom stereocenters. The van der Waals surface area contributed by atoms with E-state index in [2.05, 4.69) is 5.32 Å². The maximum Gasteiger partial charge on any atom is 0.339 e. The van der Waals surface area contributed by atoms with E-state index >= 15 is 0 Å². The van der Waals surface area contributed by atoms with Crippen molar-refractivity contribution >= 4 is 23.3 Å². The molecule has 5 heteroatoms. The number of amides is 1. The normalized spacial score (nSPS) is 11.4. The molecule has 0 aliphatic carbocycles. The number of carbonyl (C=O) groups is 3. The first-order valence-electron chi connectivity index (χ1n) is 9.59. The topological polar surface area (TPSA) is 72.5 Å². The highest BCUT2D eigenvalue weighted by Gasteiger charge is 2.27. The van der Waals surface area contributed by atoms with Gasteiger partial charge in [-0.05, 0) is 32.0 Å². The van der Waals surface area contributed by atoms with Crippen LogP contribution in [0, 0.1) is 13.8 Å². The quantitative estimate of drug-likeness (QED) is 0.464. The Hall–Kier alpha value is -3.73. The SMILES string of the molecule is CC(=O)Nc1cccc(C(=O)O[C@@H](C(=O)c2ccc(C)cc2)c2ccc(C)cc2)c1. The lowest BCUT2D eigenvalue weighted by Gasteiger charge is -2.18. The lowest BCUT2D eigenvalue weighted by atomic mass is 9.98. The summed E-state index contributed by atoms with van der Waals surface area (Å²) in [5, 5.41) is 2.63. The molecule has 0 aromatic heterocycles. The van der Waals surface area contributed by atoms with Crippen LogP contribution in [-0.4, -0.2) is 17.7 Å². The molecule has 0 fully saturated rings. The summed E-state index contributed by atoms with van der Waals surface area (Å²) in [6.45, 7) is 5.27. The molecule has 1 N–H and O–H groups in total. The minimum Gasteiger partial charge on any atom is -0.445 e. The average Bonchev–Trinajstić information content (AvgIpc) is 2.72. The third kappa shape index (κ3) is 5.20. The third-order valence-corrected chi connectivity index (χ3v) is 4.60. The molecule has 0 unspecified atom stereocenters. The summed E-state index contributed by atoms with van der Waals surface area (Å²) >= 11 is 0. The van der Waals surface area contributed by atoms with Crippen molar-refractivity contribution in [2.75, 3.05) is 5.32 Å². The predicted molar refractivity (Wildman–Crippen MR) is 116 cm³/mol. The molecular formula is C25H23NO4. The van der Waals surface area contributed by atoms with Gasteiger partial charge in [0.05, 0.1) is 5.56 Å². The van der Waals surface area contributed by atoms with Crippen molar-refractivity contribution in [3.8, 4) is 0 Å². The highest BCUT2D eigenvalue weighted by molar-refractivity contribution is 6.02. The van der Waals surface area contributed by atoms with E-state index in [1.165, 1.54) is 13.0 Å². The number of anilines is 1. The van der Waals surface area contributed by atoms with Gasteiger partial charge in [0.1, 0.15) is 0 Å². The molecule has 3 aromatic rings. The summed E-state index contributed by atoms with van der Waals surface area (Å²) in [7, 11) is 0.